The number of ether oxygens (including phenoxy) is 5. The zero-order valence-corrected chi connectivity index (χ0v) is 41.4. The third-order valence-corrected chi connectivity index (χ3v) is 15.5. The highest BCUT2D eigenvalue weighted by Crippen LogP contribution is 2.39. The first-order valence-electron chi connectivity index (χ1n) is 25.1. The number of amides is 2. The van der Waals surface area contributed by atoms with Crippen LogP contribution in [0.2, 0.25) is 0 Å². The van der Waals surface area contributed by atoms with E-state index in [9.17, 15) is 44.4 Å². The first-order valence-corrected chi connectivity index (χ1v) is 25.1. The Morgan fingerprint density at radius 2 is 1.52 bits per heavy atom. The number of ketones is 2. The third kappa shape index (κ3) is 13.8. The van der Waals surface area contributed by atoms with Gasteiger partial charge in [-0.3, -0.25) is 19.2 Å². The van der Waals surface area contributed by atoms with E-state index in [2.05, 4.69) is 0 Å². The van der Waals surface area contributed by atoms with Gasteiger partial charge in [-0.05, 0) is 125 Å². The van der Waals surface area contributed by atoms with Gasteiger partial charge in [0, 0.05) is 72.2 Å². The van der Waals surface area contributed by atoms with Crippen molar-refractivity contribution < 1.29 is 68.1 Å². The van der Waals surface area contributed by atoms with E-state index in [-0.39, 0.29) is 80.3 Å². The summed E-state index contributed by atoms with van der Waals surface area (Å²) in [5.41, 5.74) is 1.12. The number of hydrogen-bond acceptors (Lipinski definition) is 14. The Balaban J connectivity index is 1.51. The highest BCUT2D eigenvalue weighted by molar-refractivity contribution is 6.39. The molecule has 0 spiro atoms. The van der Waals surface area contributed by atoms with Crippen molar-refractivity contribution in [3.8, 4) is 0 Å². The van der Waals surface area contributed by atoms with Gasteiger partial charge < -0.3 is 53.9 Å². The predicted octanol–water partition coefficient (Wildman–Crippen LogP) is 4.46. The van der Waals surface area contributed by atoms with Crippen LogP contribution >= 0.6 is 0 Å². The minimum absolute atomic E-state index is 0.00446. The molecule has 14 atom stereocenters. The van der Waals surface area contributed by atoms with Gasteiger partial charge in [-0.1, -0.05) is 39.8 Å². The molecule has 2 amide bonds. The topological polar surface area (TPSA) is 219 Å². The summed E-state index contributed by atoms with van der Waals surface area (Å²) in [6.45, 7) is 10.5. The molecule has 5 aliphatic rings. The molecule has 1 aliphatic carbocycles. The monoisotopic (exact) mass is 947 g/mol. The largest absolute Gasteiger partial charge is 0.456 e. The van der Waals surface area contributed by atoms with Gasteiger partial charge in [0.1, 0.15) is 18.2 Å². The van der Waals surface area contributed by atoms with E-state index in [1.807, 2.05) is 30.9 Å². The maximum absolute atomic E-state index is 14.5. The Hall–Kier alpha value is -3.09. The first kappa shape index (κ1) is 54.8. The van der Waals surface area contributed by atoms with Crippen LogP contribution in [-0.4, -0.2) is 162 Å². The number of rotatable bonds is 10. The van der Waals surface area contributed by atoms with Crippen LogP contribution in [0.4, 0.5) is 0 Å². The van der Waals surface area contributed by atoms with Crippen molar-refractivity contribution in [2.45, 2.75) is 185 Å². The zero-order chi connectivity index (χ0) is 49.2. The fourth-order valence-corrected chi connectivity index (χ4v) is 11.3. The number of piperidine rings is 2. The summed E-state index contributed by atoms with van der Waals surface area (Å²) in [5, 5.41) is 44.2. The number of carbonyl (C=O) groups is 5. The van der Waals surface area contributed by atoms with Crippen molar-refractivity contribution >= 4 is 29.4 Å². The first-order chi connectivity index (χ1) is 31.8. The molecule has 16 heteroatoms. The van der Waals surface area contributed by atoms with Crippen LogP contribution in [0.5, 0.6) is 0 Å². The number of hydrogen-bond donors (Lipinski definition) is 4. The van der Waals surface area contributed by atoms with Crippen molar-refractivity contribution in [2.75, 3.05) is 47.6 Å². The molecule has 380 valence electrons. The zero-order valence-electron chi connectivity index (χ0n) is 41.4. The number of allylic oxidation sites excluding steroid dienone is 3. The van der Waals surface area contributed by atoms with Crippen molar-refractivity contribution in [3.63, 3.8) is 0 Å². The number of cyclic esters (lactones) is 1. The molecule has 2 bridgehead atoms. The summed E-state index contributed by atoms with van der Waals surface area (Å²) in [6.07, 6.45) is 4.76. The second-order valence-electron chi connectivity index (χ2n) is 20.6. The average molecular weight is 947 g/mol. The Kier molecular flexibility index (Phi) is 20.6. The second-order valence-corrected chi connectivity index (χ2v) is 20.6. The molecule has 1 saturated carbocycles. The Labute approximate surface area is 398 Å². The normalized spacial score (nSPS) is 38.4. The molecule has 0 aromatic carbocycles. The Morgan fingerprint density at radius 3 is 2.18 bits per heavy atom. The van der Waals surface area contributed by atoms with E-state index in [4.69, 9.17) is 23.7 Å². The molecule has 0 aromatic rings. The number of methoxy groups -OCH3 is 3. The van der Waals surface area contributed by atoms with Gasteiger partial charge in [0.05, 0.1) is 30.5 Å². The third-order valence-electron chi connectivity index (χ3n) is 15.5. The number of likely N-dealkylation sites (tertiary alicyclic amines) is 1. The lowest BCUT2D eigenvalue weighted by molar-refractivity contribution is -0.302. The summed E-state index contributed by atoms with van der Waals surface area (Å²) in [7, 11) is 4.59. The number of carbonyl (C=O) groups excluding carboxylic acids is 5. The number of Topliss-reactive ketones (excluding diaryl/α,β-unsaturated/α-hetero) is 2. The van der Waals surface area contributed by atoms with Gasteiger partial charge in [-0.25, -0.2) is 4.79 Å². The average Bonchev–Trinajstić information content (AvgIpc) is 3.32. The Bertz CT molecular complexity index is 1750. The molecule has 3 saturated heterocycles. The summed E-state index contributed by atoms with van der Waals surface area (Å²) >= 11 is 0. The van der Waals surface area contributed by atoms with Crippen LogP contribution in [0.15, 0.2) is 23.3 Å². The van der Waals surface area contributed by atoms with Crippen LogP contribution in [-0.2, 0) is 47.7 Å². The fourth-order valence-electron chi connectivity index (χ4n) is 11.3. The minimum Gasteiger partial charge on any atom is -0.456 e. The van der Waals surface area contributed by atoms with Crippen LogP contribution in [0.1, 0.15) is 131 Å². The van der Waals surface area contributed by atoms with Crippen molar-refractivity contribution in [1.82, 2.24) is 9.80 Å². The molecule has 4 heterocycles. The SMILES string of the molecule is COC1CC(C=C(C)C2OC(=O)C3CCCCN3C(=O)C(=O)C3(O)OC(C(OC)CC(C)CC(C)/C=C(\CCCC(=O)N4CCC(CO)CC4)C(=O)CC(O)C2C)C(OC)CC3C)CCC1O. The molecule has 4 N–H and O–H groups in total. The Morgan fingerprint density at radius 1 is 0.851 bits per heavy atom. The quantitative estimate of drug-likeness (QED) is 0.135. The highest BCUT2D eigenvalue weighted by Gasteiger charge is 2.56. The molecule has 16 nitrogen and oxygen atoms in total. The summed E-state index contributed by atoms with van der Waals surface area (Å²) in [6, 6.07) is -1.18. The lowest BCUT2D eigenvalue weighted by Crippen LogP contribution is -2.64. The van der Waals surface area contributed by atoms with E-state index >= 15 is 0 Å². The summed E-state index contributed by atoms with van der Waals surface area (Å²) in [5.74, 6) is -7.52. The number of fused-ring (bicyclic) bond motifs is 3. The number of aliphatic hydroxyl groups excluding tert-OH is 3. The number of aliphatic hydroxyl groups is 4. The summed E-state index contributed by atoms with van der Waals surface area (Å²) < 4.78 is 30.0. The lowest BCUT2D eigenvalue weighted by atomic mass is 9.81. The smallest absolute Gasteiger partial charge is 0.329 e. The van der Waals surface area contributed by atoms with Gasteiger partial charge >= 0.3 is 5.97 Å². The van der Waals surface area contributed by atoms with E-state index in [0.717, 1.165) is 12.8 Å². The van der Waals surface area contributed by atoms with Gasteiger partial charge in [-0.15, -0.1) is 0 Å². The number of esters is 1. The molecule has 0 radical (unpaired) electrons. The molecule has 4 aliphatic heterocycles. The minimum atomic E-state index is -2.54. The molecule has 5 rings (SSSR count). The standard InChI is InChI=1S/C51H82N2O14/c1-30-22-31(2)24-43(64-7)47-44(65-8)26-33(4)51(62,67-47)48(59)49(60)53-19-10-9-13-38(53)50(61)66-46(32(3)25-36-15-16-39(55)42(27-36)63-6)34(5)40(56)28-41(57)37(23-30)12-11-14-45(58)52-20-17-35(29-54)18-21-52/h23,25,30-31,33-36,38-40,42-44,46-47,54-56,62H,9-22,24,26-29H2,1-8H3/b32-25?,37-23+. The summed E-state index contributed by atoms with van der Waals surface area (Å²) in [4.78, 5) is 74.0. The molecular weight excluding hydrogens is 865 g/mol. The van der Waals surface area contributed by atoms with E-state index in [1.54, 1.807) is 27.9 Å². The molecular formula is C51H82N2O14. The highest BCUT2D eigenvalue weighted by atomic mass is 16.7. The molecule has 67 heavy (non-hydrogen) atoms. The van der Waals surface area contributed by atoms with Crippen molar-refractivity contribution in [3.05, 3.63) is 23.3 Å². The molecule has 0 aromatic heterocycles. The fraction of sp³-hybridized carbons (Fsp3) is 0.824. The van der Waals surface area contributed by atoms with Crippen molar-refractivity contribution in [1.29, 1.82) is 0 Å². The molecule has 14 unspecified atom stereocenters. The molecule has 4 fully saturated rings. The maximum Gasteiger partial charge on any atom is 0.329 e. The van der Waals surface area contributed by atoms with Crippen LogP contribution in [0.3, 0.4) is 0 Å². The van der Waals surface area contributed by atoms with Gasteiger partial charge in [0.25, 0.3) is 11.7 Å². The van der Waals surface area contributed by atoms with Gasteiger partial charge in [0.15, 0.2) is 5.78 Å². The van der Waals surface area contributed by atoms with E-state index in [0.29, 0.717) is 82.0 Å². The lowest BCUT2D eigenvalue weighted by Gasteiger charge is -2.47. The van der Waals surface area contributed by atoms with Crippen LogP contribution < -0.4 is 0 Å². The number of nitrogens with zero attached hydrogens (tertiary/aromatic N) is 2. The van der Waals surface area contributed by atoms with Crippen LogP contribution in [0, 0.1) is 35.5 Å². The van der Waals surface area contributed by atoms with Gasteiger partial charge in [0.2, 0.25) is 11.7 Å². The predicted molar refractivity (Wildman–Crippen MR) is 248 cm³/mol. The van der Waals surface area contributed by atoms with E-state index < -0.39 is 77.9 Å². The van der Waals surface area contributed by atoms with E-state index in [1.165, 1.54) is 19.1 Å². The second kappa shape index (κ2) is 25.2. The maximum atomic E-state index is 14.5. The van der Waals surface area contributed by atoms with Crippen molar-refractivity contribution in [2.24, 2.45) is 35.5 Å². The van der Waals surface area contributed by atoms with Gasteiger partial charge in [-0.2, -0.15) is 0 Å². The van der Waals surface area contributed by atoms with Crippen LogP contribution in [0.25, 0.3) is 0 Å².